The third kappa shape index (κ3) is 4.73. The first kappa shape index (κ1) is 9.88. The van der Waals surface area contributed by atoms with Gasteiger partial charge in [0.25, 0.3) is 0 Å². The fraction of sp³-hybridized carbons (Fsp3) is 1.00. The maximum Gasteiger partial charge on any atom is 0.107 e. The lowest BCUT2D eigenvalue weighted by Gasteiger charge is -2.15. The Morgan fingerprint density at radius 3 is 2.50 bits per heavy atom. The third-order valence-corrected chi connectivity index (χ3v) is 1.29. The molecule has 0 spiro atoms. The number of ether oxygens (including phenoxy) is 1. The Hall–Kier alpha value is -0.120. The predicted molar refractivity (Wildman–Crippen MR) is 40.7 cm³/mol. The molecule has 0 aromatic carbocycles. The molecule has 0 aromatic rings. The number of aliphatic hydroxyl groups excluding tert-OH is 1. The molecule has 0 fully saturated rings. The molecular formula is C7H17NO2. The summed E-state index contributed by atoms with van der Waals surface area (Å²) in [5.74, 6) is 0.261. The molecule has 0 rings (SSSR count). The van der Waals surface area contributed by atoms with Crippen LogP contribution in [-0.4, -0.2) is 31.6 Å². The molecular weight excluding hydrogens is 130 g/mol. The molecule has 0 bridgehead atoms. The quantitative estimate of drug-likeness (QED) is 0.431. The zero-order valence-electron chi connectivity index (χ0n) is 6.92. The second-order valence-electron chi connectivity index (χ2n) is 2.64. The summed E-state index contributed by atoms with van der Waals surface area (Å²) in [5, 5.41) is 12.1. The highest BCUT2D eigenvalue weighted by atomic mass is 16.5. The van der Waals surface area contributed by atoms with Crippen molar-refractivity contribution in [1.82, 2.24) is 5.32 Å². The molecule has 0 aliphatic rings. The highest BCUT2D eigenvalue weighted by Crippen LogP contribution is 1.95. The van der Waals surface area contributed by atoms with Crippen molar-refractivity contribution < 1.29 is 9.84 Å². The molecule has 0 heterocycles. The van der Waals surface area contributed by atoms with E-state index in [0.717, 1.165) is 0 Å². The van der Waals surface area contributed by atoms with Gasteiger partial charge in [-0.1, -0.05) is 13.8 Å². The van der Waals surface area contributed by atoms with Crippen molar-refractivity contribution in [3.8, 4) is 0 Å². The van der Waals surface area contributed by atoms with Crippen LogP contribution in [0.15, 0.2) is 0 Å². The fourth-order valence-corrected chi connectivity index (χ4v) is 0.545. The van der Waals surface area contributed by atoms with Crippen molar-refractivity contribution in [2.24, 2.45) is 5.92 Å². The van der Waals surface area contributed by atoms with Crippen LogP contribution in [0, 0.1) is 5.92 Å². The molecule has 62 valence electrons. The summed E-state index contributed by atoms with van der Waals surface area (Å²) < 4.78 is 4.80. The molecule has 3 nitrogen and oxygen atoms in total. The van der Waals surface area contributed by atoms with Crippen LogP contribution in [0.5, 0.6) is 0 Å². The van der Waals surface area contributed by atoms with E-state index in [4.69, 9.17) is 4.74 Å². The standard InChI is InChI=1S/C7H17NO2/c1-6(2)7(9)8-4-5-10-3/h6-9H,4-5H2,1-3H3. The van der Waals surface area contributed by atoms with Crippen LogP contribution >= 0.6 is 0 Å². The second kappa shape index (κ2) is 5.65. The smallest absolute Gasteiger partial charge is 0.107 e. The Bertz CT molecular complexity index is 76.0. The lowest BCUT2D eigenvalue weighted by molar-refractivity contribution is 0.0797. The molecule has 1 unspecified atom stereocenters. The largest absolute Gasteiger partial charge is 0.383 e. The van der Waals surface area contributed by atoms with Crippen molar-refractivity contribution in [2.75, 3.05) is 20.3 Å². The van der Waals surface area contributed by atoms with Crippen LogP contribution in [0.2, 0.25) is 0 Å². The first-order valence-electron chi connectivity index (χ1n) is 3.59. The third-order valence-electron chi connectivity index (χ3n) is 1.29. The summed E-state index contributed by atoms with van der Waals surface area (Å²) >= 11 is 0. The summed E-state index contributed by atoms with van der Waals surface area (Å²) in [5.41, 5.74) is 0. The summed E-state index contributed by atoms with van der Waals surface area (Å²) in [7, 11) is 1.64. The molecule has 1 atom stereocenters. The summed E-state index contributed by atoms with van der Waals surface area (Å²) in [6.07, 6.45) is -0.407. The molecule has 0 aromatic heterocycles. The van der Waals surface area contributed by atoms with E-state index >= 15 is 0 Å². The van der Waals surface area contributed by atoms with Crippen LogP contribution in [0.4, 0.5) is 0 Å². The number of nitrogens with one attached hydrogen (secondary N) is 1. The lowest BCUT2D eigenvalue weighted by Crippen LogP contribution is -2.35. The van der Waals surface area contributed by atoms with Crippen molar-refractivity contribution in [1.29, 1.82) is 0 Å². The van der Waals surface area contributed by atoms with Crippen LogP contribution in [0.1, 0.15) is 13.8 Å². The van der Waals surface area contributed by atoms with Crippen molar-refractivity contribution >= 4 is 0 Å². The first-order chi connectivity index (χ1) is 4.68. The maximum atomic E-state index is 9.19. The Kier molecular flexibility index (Phi) is 5.58. The average molecular weight is 147 g/mol. The van der Waals surface area contributed by atoms with Gasteiger partial charge in [0.15, 0.2) is 0 Å². The van der Waals surface area contributed by atoms with Gasteiger partial charge in [0.1, 0.15) is 6.23 Å². The Balaban J connectivity index is 3.13. The van der Waals surface area contributed by atoms with E-state index in [1.54, 1.807) is 7.11 Å². The molecule has 2 N–H and O–H groups in total. The van der Waals surface area contributed by atoms with E-state index in [9.17, 15) is 5.11 Å². The van der Waals surface area contributed by atoms with Gasteiger partial charge in [0.2, 0.25) is 0 Å². The topological polar surface area (TPSA) is 41.5 Å². The minimum absolute atomic E-state index is 0.261. The van der Waals surface area contributed by atoms with E-state index in [2.05, 4.69) is 5.32 Å². The van der Waals surface area contributed by atoms with Gasteiger partial charge in [-0.3, -0.25) is 5.32 Å². The molecule has 0 amide bonds. The minimum Gasteiger partial charge on any atom is -0.383 e. The predicted octanol–water partition coefficient (Wildman–Crippen LogP) is 0.197. The molecule has 10 heavy (non-hydrogen) atoms. The highest BCUT2D eigenvalue weighted by molar-refractivity contribution is 4.56. The monoisotopic (exact) mass is 147 g/mol. The number of rotatable bonds is 5. The Morgan fingerprint density at radius 2 is 2.10 bits per heavy atom. The van der Waals surface area contributed by atoms with Gasteiger partial charge in [0.05, 0.1) is 6.61 Å². The van der Waals surface area contributed by atoms with Gasteiger partial charge in [-0.15, -0.1) is 0 Å². The highest BCUT2D eigenvalue weighted by Gasteiger charge is 2.05. The number of methoxy groups -OCH3 is 1. The van der Waals surface area contributed by atoms with Crippen LogP contribution in [-0.2, 0) is 4.74 Å². The summed E-state index contributed by atoms with van der Waals surface area (Å²) in [6.45, 7) is 5.27. The molecule has 0 radical (unpaired) electrons. The lowest BCUT2D eigenvalue weighted by atomic mass is 10.2. The normalized spacial score (nSPS) is 14.1. The fourth-order valence-electron chi connectivity index (χ4n) is 0.545. The Labute approximate surface area is 62.4 Å². The van der Waals surface area contributed by atoms with Crippen molar-refractivity contribution in [3.05, 3.63) is 0 Å². The molecule has 3 heteroatoms. The van der Waals surface area contributed by atoms with Crippen LogP contribution in [0.25, 0.3) is 0 Å². The van der Waals surface area contributed by atoms with Gasteiger partial charge in [-0.05, 0) is 5.92 Å². The van der Waals surface area contributed by atoms with Gasteiger partial charge in [-0.2, -0.15) is 0 Å². The molecule has 0 saturated carbocycles. The van der Waals surface area contributed by atoms with E-state index in [1.165, 1.54) is 0 Å². The van der Waals surface area contributed by atoms with E-state index < -0.39 is 6.23 Å². The van der Waals surface area contributed by atoms with E-state index in [-0.39, 0.29) is 5.92 Å². The molecule has 0 saturated heterocycles. The zero-order valence-corrected chi connectivity index (χ0v) is 6.92. The van der Waals surface area contributed by atoms with Gasteiger partial charge in [-0.25, -0.2) is 0 Å². The van der Waals surface area contributed by atoms with Crippen LogP contribution in [0.3, 0.4) is 0 Å². The van der Waals surface area contributed by atoms with Crippen molar-refractivity contribution in [3.63, 3.8) is 0 Å². The van der Waals surface area contributed by atoms with Crippen LogP contribution < -0.4 is 5.32 Å². The molecule has 0 aliphatic carbocycles. The SMILES string of the molecule is COCCNC(O)C(C)C. The number of hydrogen-bond donors (Lipinski definition) is 2. The number of aliphatic hydroxyl groups is 1. The van der Waals surface area contributed by atoms with Gasteiger partial charge < -0.3 is 9.84 Å². The van der Waals surface area contributed by atoms with E-state index in [0.29, 0.717) is 13.2 Å². The minimum atomic E-state index is -0.407. The summed E-state index contributed by atoms with van der Waals surface area (Å²) in [6, 6.07) is 0. The second-order valence-corrected chi connectivity index (χ2v) is 2.64. The maximum absolute atomic E-state index is 9.19. The first-order valence-corrected chi connectivity index (χ1v) is 3.59. The summed E-state index contributed by atoms with van der Waals surface area (Å²) in [4.78, 5) is 0. The van der Waals surface area contributed by atoms with Gasteiger partial charge in [0, 0.05) is 13.7 Å². The van der Waals surface area contributed by atoms with Crippen molar-refractivity contribution in [2.45, 2.75) is 20.1 Å². The zero-order chi connectivity index (χ0) is 7.98. The molecule has 0 aliphatic heterocycles. The average Bonchev–Trinajstić information content (AvgIpc) is 1.88. The van der Waals surface area contributed by atoms with E-state index in [1.807, 2.05) is 13.8 Å². The van der Waals surface area contributed by atoms with Gasteiger partial charge >= 0.3 is 0 Å². The Morgan fingerprint density at radius 1 is 1.50 bits per heavy atom. The number of hydrogen-bond acceptors (Lipinski definition) is 3.